The van der Waals surface area contributed by atoms with Crippen LogP contribution in [0.2, 0.25) is 0 Å². The highest BCUT2D eigenvalue weighted by Crippen LogP contribution is 2.31. The first-order valence-electron chi connectivity index (χ1n) is 12.4. The van der Waals surface area contributed by atoms with E-state index >= 15 is 0 Å². The molecule has 5 rings (SSSR count). The lowest BCUT2D eigenvalue weighted by atomic mass is 9.93. The summed E-state index contributed by atoms with van der Waals surface area (Å²) in [4.78, 5) is 15.5. The minimum Gasteiger partial charge on any atom is -0.453 e. The van der Waals surface area contributed by atoms with Crippen LogP contribution in [0.5, 0.6) is 5.75 Å². The number of sulfonamides is 1. The van der Waals surface area contributed by atoms with Gasteiger partial charge in [-0.2, -0.15) is 23.6 Å². The van der Waals surface area contributed by atoms with E-state index < -0.39 is 16.0 Å². The number of esters is 1. The van der Waals surface area contributed by atoms with Gasteiger partial charge in [-0.05, 0) is 74.2 Å². The quantitative estimate of drug-likeness (QED) is 0.191. The number of furan rings is 1. The molecule has 0 radical (unpaired) electrons. The molecule has 8 nitrogen and oxygen atoms in total. The summed E-state index contributed by atoms with van der Waals surface area (Å²) in [6.45, 7) is 3.62. The number of fused-ring (bicyclic) bond motifs is 1. The molecule has 196 valence electrons. The number of hydrogen-bond acceptors (Lipinski definition) is 7. The summed E-state index contributed by atoms with van der Waals surface area (Å²) >= 11 is 0. The van der Waals surface area contributed by atoms with E-state index in [1.165, 1.54) is 12.1 Å². The Morgan fingerprint density at radius 2 is 1.59 bits per heavy atom. The maximum atomic E-state index is 13.0. The van der Waals surface area contributed by atoms with Crippen LogP contribution in [0.3, 0.4) is 0 Å². The maximum absolute atomic E-state index is 13.0. The van der Waals surface area contributed by atoms with Crippen LogP contribution in [0.1, 0.15) is 51.4 Å². The summed E-state index contributed by atoms with van der Waals surface area (Å²) < 4.78 is 36.9. The molecule has 3 aromatic carbocycles. The number of rotatable bonds is 6. The van der Waals surface area contributed by atoms with Gasteiger partial charge >= 0.3 is 5.97 Å². The van der Waals surface area contributed by atoms with Crippen molar-refractivity contribution in [2.24, 2.45) is 5.10 Å². The Morgan fingerprint density at radius 1 is 0.949 bits per heavy atom. The van der Waals surface area contributed by atoms with E-state index in [1.807, 2.05) is 31.2 Å². The van der Waals surface area contributed by atoms with Gasteiger partial charge in [0.1, 0.15) is 11.5 Å². The van der Waals surface area contributed by atoms with Gasteiger partial charge in [0.25, 0.3) is 10.0 Å². The number of carbonyl (C=O) groups excluding carboxylic acids is 1. The number of hydrogen-bond donors (Lipinski definition) is 1. The Morgan fingerprint density at radius 3 is 2.23 bits per heavy atom. The molecule has 1 aromatic heterocycles. The first kappa shape index (κ1) is 25.9. The predicted octanol–water partition coefficient (Wildman–Crippen LogP) is 5.67. The standard InChI is InChI=1S/C30H25N3O5S/c1-19-6-16-25(17-7-19)39(35,36)33-32-26-4-3-5-27-28(26)20(2)29(38-27)30(34)37-24-14-12-23(13-15-24)22-10-8-21(18-31)9-11-22/h6-17,33H,3-5H2,1-2H3/b32-26+. The van der Waals surface area contributed by atoms with Crippen LogP contribution in [0.4, 0.5) is 0 Å². The lowest BCUT2D eigenvalue weighted by molar-refractivity contribution is 0.0698. The molecule has 4 aromatic rings. The van der Waals surface area contributed by atoms with E-state index in [9.17, 15) is 13.2 Å². The van der Waals surface area contributed by atoms with E-state index in [2.05, 4.69) is 16.0 Å². The average Bonchev–Trinajstić information content (AvgIpc) is 3.30. The van der Waals surface area contributed by atoms with Gasteiger partial charge in [-0.25, -0.2) is 4.79 Å². The third-order valence-corrected chi connectivity index (χ3v) is 7.78. The van der Waals surface area contributed by atoms with Gasteiger partial charge in [-0.15, -0.1) is 0 Å². The minimum atomic E-state index is -3.84. The fourth-order valence-electron chi connectivity index (χ4n) is 4.47. The topological polar surface area (TPSA) is 122 Å². The van der Waals surface area contributed by atoms with Crippen LogP contribution in [0.25, 0.3) is 11.1 Å². The maximum Gasteiger partial charge on any atom is 0.379 e. The lowest BCUT2D eigenvalue weighted by Crippen LogP contribution is -2.22. The number of benzene rings is 3. The van der Waals surface area contributed by atoms with Gasteiger partial charge < -0.3 is 9.15 Å². The molecule has 9 heteroatoms. The molecule has 0 spiro atoms. The molecular weight excluding hydrogens is 514 g/mol. The largest absolute Gasteiger partial charge is 0.453 e. The summed E-state index contributed by atoms with van der Waals surface area (Å²) in [6.07, 6.45) is 1.85. The highest BCUT2D eigenvalue weighted by Gasteiger charge is 2.29. The summed E-state index contributed by atoms with van der Waals surface area (Å²) in [5.41, 5.74) is 5.09. The summed E-state index contributed by atoms with van der Waals surface area (Å²) in [5, 5.41) is 13.2. The Kier molecular flexibility index (Phi) is 7.05. The van der Waals surface area contributed by atoms with Crippen LogP contribution in [0, 0.1) is 25.2 Å². The fraction of sp³-hybridized carbons (Fsp3) is 0.167. The second-order valence-corrected chi connectivity index (χ2v) is 10.9. The molecule has 1 aliphatic rings. The molecule has 0 saturated carbocycles. The van der Waals surface area contributed by atoms with Crippen LogP contribution in [-0.2, 0) is 16.4 Å². The summed E-state index contributed by atoms with van der Waals surface area (Å²) in [6, 6.07) is 22.8. The average molecular weight is 540 g/mol. The van der Waals surface area contributed by atoms with Crippen molar-refractivity contribution in [1.29, 1.82) is 5.26 Å². The zero-order valence-electron chi connectivity index (χ0n) is 21.4. The molecule has 39 heavy (non-hydrogen) atoms. The number of nitrogens with zero attached hydrogens (tertiary/aromatic N) is 2. The van der Waals surface area contributed by atoms with E-state index in [0.717, 1.165) is 16.7 Å². The molecular formula is C30H25N3O5S. The van der Waals surface area contributed by atoms with Crippen molar-refractivity contribution < 1.29 is 22.4 Å². The Bertz CT molecular complexity index is 1710. The van der Waals surface area contributed by atoms with Gasteiger partial charge in [0, 0.05) is 17.5 Å². The fourth-order valence-corrected chi connectivity index (χ4v) is 5.30. The van der Waals surface area contributed by atoms with Crippen LogP contribution < -0.4 is 9.57 Å². The van der Waals surface area contributed by atoms with E-state index in [-0.39, 0.29) is 10.7 Å². The van der Waals surface area contributed by atoms with Crippen molar-refractivity contribution in [3.63, 3.8) is 0 Å². The van der Waals surface area contributed by atoms with Crippen LogP contribution in [0.15, 0.2) is 87.2 Å². The third kappa shape index (κ3) is 5.47. The van der Waals surface area contributed by atoms with Crippen molar-refractivity contribution in [1.82, 2.24) is 4.83 Å². The predicted molar refractivity (Wildman–Crippen MR) is 146 cm³/mol. The first-order chi connectivity index (χ1) is 18.7. The molecule has 0 unspecified atom stereocenters. The van der Waals surface area contributed by atoms with Crippen molar-refractivity contribution in [2.45, 2.75) is 38.0 Å². The SMILES string of the molecule is Cc1ccc(S(=O)(=O)N/N=C2\CCCc3oc(C(=O)Oc4ccc(-c5ccc(C#N)cc5)cc4)c(C)c32)cc1. The number of hydrazone groups is 1. The normalized spacial score (nSPS) is 13.9. The third-order valence-electron chi connectivity index (χ3n) is 6.56. The van der Waals surface area contributed by atoms with Crippen LogP contribution >= 0.6 is 0 Å². The molecule has 1 aliphatic carbocycles. The number of nitrogens with one attached hydrogen (secondary N) is 1. The van der Waals surface area contributed by atoms with Gasteiger partial charge in [0.2, 0.25) is 5.76 Å². The molecule has 0 aliphatic heterocycles. The molecule has 0 bridgehead atoms. The van der Waals surface area contributed by atoms with Gasteiger partial charge in [0.15, 0.2) is 0 Å². The van der Waals surface area contributed by atoms with E-state index in [1.54, 1.807) is 43.3 Å². The van der Waals surface area contributed by atoms with Gasteiger partial charge in [0.05, 0.1) is 22.2 Å². The summed E-state index contributed by atoms with van der Waals surface area (Å²) in [5.74, 6) is 0.348. The van der Waals surface area contributed by atoms with Crippen molar-refractivity contribution in [3.05, 3.63) is 107 Å². The number of nitriles is 1. The zero-order valence-corrected chi connectivity index (χ0v) is 22.2. The monoisotopic (exact) mass is 539 g/mol. The minimum absolute atomic E-state index is 0.0622. The Hall–Kier alpha value is -4.68. The van der Waals surface area contributed by atoms with Crippen molar-refractivity contribution in [2.75, 3.05) is 0 Å². The Labute approximate surface area is 226 Å². The van der Waals surface area contributed by atoms with Gasteiger partial charge in [-0.1, -0.05) is 42.0 Å². The highest BCUT2D eigenvalue weighted by molar-refractivity contribution is 7.89. The van der Waals surface area contributed by atoms with E-state index in [0.29, 0.717) is 53.2 Å². The number of aryl methyl sites for hydroxylation is 2. The molecule has 1 heterocycles. The summed E-state index contributed by atoms with van der Waals surface area (Å²) in [7, 11) is -3.84. The molecule has 1 N–H and O–H groups in total. The number of ether oxygens (including phenoxy) is 1. The molecule has 0 fully saturated rings. The Balaban J connectivity index is 1.33. The second kappa shape index (κ2) is 10.6. The zero-order chi connectivity index (χ0) is 27.6. The van der Waals surface area contributed by atoms with Crippen LogP contribution in [-0.4, -0.2) is 20.1 Å². The van der Waals surface area contributed by atoms with E-state index in [4.69, 9.17) is 14.4 Å². The van der Waals surface area contributed by atoms with Crippen molar-refractivity contribution in [3.8, 4) is 22.9 Å². The van der Waals surface area contributed by atoms with Crippen molar-refractivity contribution >= 4 is 21.7 Å². The molecule has 0 amide bonds. The first-order valence-corrected chi connectivity index (χ1v) is 13.8. The molecule has 0 saturated heterocycles. The lowest BCUT2D eigenvalue weighted by Gasteiger charge is -2.14. The van der Waals surface area contributed by atoms with Gasteiger partial charge in [-0.3, -0.25) is 0 Å². The number of carbonyl (C=O) groups is 1. The highest BCUT2D eigenvalue weighted by atomic mass is 32.2. The second-order valence-electron chi connectivity index (χ2n) is 9.28. The molecule has 0 atom stereocenters. The smallest absolute Gasteiger partial charge is 0.379 e.